The van der Waals surface area contributed by atoms with Crippen molar-refractivity contribution in [3.63, 3.8) is 0 Å². The van der Waals surface area contributed by atoms with Crippen LogP contribution in [0.5, 0.6) is 0 Å². The van der Waals surface area contributed by atoms with Crippen molar-refractivity contribution in [2.24, 2.45) is 5.73 Å². The van der Waals surface area contributed by atoms with Gasteiger partial charge in [0.1, 0.15) is 5.82 Å². The topological polar surface area (TPSA) is 56.7 Å². The van der Waals surface area contributed by atoms with E-state index >= 15 is 0 Å². The zero-order chi connectivity index (χ0) is 13.8. The highest BCUT2D eigenvalue weighted by molar-refractivity contribution is 8.03. The van der Waals surface area contributed by atoms with Crippen LogP contribution in [-0.2, 0) is 6.54 Å². The van der Waals surface area contributed by atoms with Crippen LogP contribution in [-0.4, -0.2) is 31.8 Å². The normalized spacial score (nSPS) is 12.4. The maximum Gasteiger partial charge on any atom is 0.441 e. The highest BCUT2D eigenvalue weighted by Crippen LogP contribution is 2.31. The van der Waals surface area contributed by atoms with Gasteiger partial charge >= 0.3 is 5.51 Å². The van der Waals surface area contributed by atoms with E-state index in [0.717, 1.165) is 0 Å². The molecule has 0 spiro atoms. The summed E-state index contributed by atoms with van der Waals surface area (Å²) in [6, 6.07) is 0.135. The zero-order valence-corrected chi connectivity index (χ0v) is 11.7. The van der Waals surface area contributed by atoms with Crippen molar-refractivity contribution in [1.82, 2.24) is 14.8 Å². The number of hydrogen-bond acceptors (Lipinski definition) is 5. The summed E-state index contributed by atoms with van der Waals surface area (Å²) < 4.78 is 37.7. The Labute approximate surface area is 112 Å². The predicted molar refractivity (Wildman–Crippen MR) is 67.5 cm³/mol. The summed E-state index contributed by atoms with van der Waals surface area (Å²) in [7, 11) is 0. The first kappa shape index (κ1) is 15.6. The van der Waals surface area contributed by atoms with Crippen LogP contribution >= 0.6 is 23.5 Å². The number of nitrogens with zero attached hydrogens (tertiary/aromatic N) is 3. The number of alkyl halides is 3. The molecule has 18 heavy (non-hydrogen) atoms. The van der Waals surface area contributed by atoms with Crippen molar-refractivity contribution >= 4 is 23.5 Å². The van der Waals surface area contributed by atoms with E-state index in [0.29, 0.717) is 16.7 Å². The second-order valence-electron chi connectivity index (χ2n) is 3.71. The van der Waals surface area contributed by atoms with E-state index in [9.17, 15) is 13.2 Å². The van der Waals surface area contributed by atoms with Gasteiger partial charge in [0.2, 0.25) is 0 Å². The fourth-order valence-electron chi connectivity index (χ4n) is 1.35. The van der Waals surface area contributed by atoms with Crippen LogP contribution in [0, 0.1) is 0 Å². The molecule has 1 rings (SSSR count). The van der Waals surface area contributed by atoms with Crippen molar-refractivity contribution in [3.8, 4) is 0 Å². The van der Waals surface area contributed by atoms with E-state index in [4.69, 9.17) is 5.73 Å². The van der Waals surface area contributed by atoms with Gasteiger partial charge in [-0.3, -0.25) is 0 Å². The summed E-state index contributed by atoms with van der Waals surface area (Å²) in [4.78, 5) is 0. The second-order valence-corrected chi connectivity index (χ2v) is 5.93. The molecule has 0 amide bonds. The van der Waals surface area contributed by atoms with Crippen molar-refractivity contribution < 1.29 is 13.2 Å². The Balaban J connectivity index is 2.55. The zero-order valence-electron chi connectivity index (χ0n) is 10.1. The van der Waals surface area contributed by atoms with Gasteiger partial charge < -0.3 is 10.3 Å². The second kappa shape index (κ2) is 6.67. The Bertz CT molecular complexity index is 378. The number of halogens is 3. The van der Waals surface area contributed by atoms with Gasteiger partial charge in [-0.25, -0.2) is 0 Å². The molecule has 0 unspecified atom stereocenters. The summed E-state index contributed by atoms with van der Waals surface area (Å²) in [6.07, 6.45) is 0. The quantitative estimate of drug-likeness (QED) is 0.646. The first-order valence-electron chi connectivity index (χ1n) is 5.32. The smallest absolute Gasteiger partial charge is 0.324 e. The molecule has 0 bridgehead atoms. The van der Waals surface area contributed by atoms with Crippen LogP contribution in [0.15, 0.2) is 5.16 Å². The van der Waals surface area contributed by atoms with E-state index in [2.05, 4.69) is 10.2 Å². The SMILES string of the molecule is CC(C)n1c(CN)nnc1SCCSC(F)(F)F. The minimum Gasteiger partial charge on any atom is -0.324 e. The molecular weight excluding hydrogens is 285 g/mol. The first-order chi connectivity index (χ1) is 8.35. The molecule has 1 aromatic heterocycles. The molecule has 4 nitrogen and oxygen atoms in total. The Morgan fingerprint density at radius 3 is 2.44 bits per heavy atom. The molecule has 0 radical (unpaired) electrons. The number of hydrogen-bond donors (Lipinski definition) is 1. The summed E-state index contributed by atoms with van der Waals surface area (Å²) in [5.41, 5.74) is 1.36. The standard InChI is InChI=1S/C9H15F3N4S2/c1-6(2)16-7(5-13)14-15-8(16)17-3-4-18-9(10,11)12/h6H,3-5,13H2,1-2H3. The predicted octanol–water partition coefficient (Wildman–Crippen LogP) is 2.66. The molecule has 0 fully saturated rings. The van der Waals surface area contributed by atoms with Gasteiger partial charge in [-0.05, 0) is 13.8 Å². The Morgan fingerprint density at radius 1 is 1.28 bits per heavy atom. The lowest BCUT2D eigenvalue weighted by molar-refractivity contribution is -0.0326. The largest absolute Gasteiger partial charge is 0.441 e. The number of nitrogens with two attached hydrogens (primary N) is 1. The van der Waals surface area contributed by atoms with E-state index in [1.807, 2.05) is 18.4 Å². The molecule has 0 aliphatic rings. The summed E-state index contributed by atoms with van der Waals surface area (Å²) in [5.74, 6) is 0.979. The highest BCUT2D eigenvalue weighted by atomic mass is 32.2. The van der Waals surface area contributed by atoms with Crippen molar-refractivity contribution in [1.29, 1.82) is 0 Å². The van der Waals surface area contributed by atoms with Gasteiger partial charge in [0.05, 0.1) is 6.54 Å². The monoisotopic (exact) mass is 300 g/mol. The molecule has 0 aromatic carbocycles. The molecule has 2 N–H and O–H groups in total. The average molecular weight is 300 g/mol. The van der Waals surface area contributed by atoms with Gasteiger partial charge in [-0.15, -0.1) is 10.2 Å². The summed E-state index contributed by atoms with van der Waals surface area (Å²) >= 11 is 1.24. The number of thioether (sulfide) groups is 2. The summed E-state index contributed by atoms with van der Waals surface area (Å²) in [5, 5.41) is 8.49. The maximum atomic E-state index is 12.0. The van der Waals surface area contributed by atoms with Crippen LogP contribution < -0.4 is 5.73 Å². The minimum atomic E-state index is -4.17. The molecular formula is C9H15F3N4S2. The van der Waals surface area contributed by atoms with Crippen LogP contribution in [0.25, 0.3) is 0 Å². The molecule has 104 valence electrons. The minimum absolute atomic E-state index is 0.00290. The molecule has 0 atom stereocenters. The average Bonchev–Trinajstić information content (AvgIpc) is 2.66. The molecule has 0 saturated carbocycles. The van der Waals surface area contributed by atoms with Gasteiger partial charge in [-0.1, -0.05) is 23.5 Å². The Hall–Kier alpha value is -0.410. The Kier molecular flexibility index (Phi) is 5.80. The fourth-order valence-corrected chi connectivity index (χ4v) is 2.99. The lowest BCUT2D eigenvalue weighted by atomic mass is 10.4. The van der Waals surface area contributed by atoms with Gasteiger partial charge in [0.25, 0.3) is 0 Å². The third-order valence-electron chi connectivity index (χ3n) is 2.01. The van der Waals surface area contributed by atoms with E-state index in [-0.39, 0.29) is 30.1 Å². The van der Waals surface area contributed by atoms with Gasteiger partial charge in [0.15, 0.2) is 5.16 Å². The van der Waals surface area contributed by atoms with Crippen LogP contribution in [0.4, 0.5) is 13.2 Å². The van der Waals surface area contributed by atoms with E-state index in [1.54, 1.807) is 0 Å². The number of rotatable bonds is 6. The van der Waals surface area contributed by atoms with Crippen LogP contribution in [0.2, 0.25) is 0 Å². The lowest BCUT2D eigenvalue weighted by Crippen LogP contribution is -2.11. The molecule has 1 aromatic rings. The van der Waals surface area contributed by atoms with Crippen LogP contribution in [0.3, 0.4) is 0 Å². The van der Waals surface area contributed by atoms with Gasteiger partial charge in [0, 0.05) is 17.5 Å². The fraction of sp³-hybridized carbons (Fsp3) is 0.778. The van der Waals surface area contributed by atoms with Crippen LogP contribution in [0.1, 0.15) is 25.7 Å². The Morgan fingerprint density at radius 2 is 1.94 bits per heavy atom. The van der Waals surface area contributed by atoms with Crippen molar-refractivity contribution in [2.75, 3.05) is 11.5 Å². The third-order valence-corrected chi connectivity index (χ3v) is 3.95. The maximum absolute atomic E-state index is 12.0. The first-order valence-corrected chi connectivity index (χ1v) is 7.29. The summed E-state index contributed by atoms with van der Waals surface area (Å²) in [6.45, 7) is 4.18. The van der Waals surface area contributed by atoms with Crippen molar-refractivity contribution in [2.45, 2.75) is 37.1 Å². The highest BCUT2D eigenvalue weighted by Gasteiger charge is 2.27. The molecule has 1 heterocycles. The van der Waals surface area contributed by atoms with Gasteiger partial charge in [-0.2, -0.15) is 13.2 Å². The van der Waals surface area contributed by atoms with Crippen molar-refractivity contribution in [3.05, 3.63) is 5.82 Å². The molecule has 0 saturated heterocycles. The third kappa shape index (κ3) is 4.69. The number of aromatic nitrogens is 3. The molecule has 9 heteroatoms. The molecule has 0 aliphatic heterocycles. The molecule has 0 aliphatic carbocycles. The van der Waals surface area contributed by atoms with E-state index < -0.39 is 5.51 Å². The lowest BCUT2D eigenvalue weighted by Gasteiger charge is -2.12. The van der Waals surface area contributed by atoms with E-state index in [1.165, 1.54) is 11.8 Å².